The molecule has 0 fully saturated rings. The van der Waals surface area contributed by atoms with Crippen LogP contribution in [0.3, 0.4) is 0 Å². The highest BCUT2D eigenvalue weighted by atomic mass is 35.5. The predicted octanol–water partition coefficient (Wildman–Crippen LogP) is -0.754. The molecule has 0 rings (SSSR count). The summed E-state index contributed by atoms with van der Waals surface area (Å²) in [5.41, 5.74) is 10.6. The van der Waals surface area contributed by atoms with E-state index in [2.05, 4.69) is 0 Å². The smallest absolute Gasteiger partial charge is 0.0961 e. The molecule has 0 aromatic carbocycles. The van der Waals surface area contributed by atoms with E-state index in [0.29, 0.717) is 0 Å². The fourth-order valence-electron chi connectivity index (χ4n) is 0.622. The molecule has 4 atom stereocenters. The summed E-state index contributed by atoms with van der Waals surface area (Å²) in [5.74, 6) is 0. The zero-order valence-corrected chi connectivity index (χ0v) is 8.81. The maximum absolute atomic E-state index is 9.11. The van der Waals surface area contributed by atoms with Gasteiger partial charge in [0.1, 0.15) is 0 Å². The standard InChI is InChI=1S/C6H16N2O2.2ClH/c1-3(7)5(9)6(10)4(2)8;;/h3-6,9-10H,7-8H2,1-2H3;2*1H. The van der Waals surface area contributed by atoms with Gasteiger partial charge in [-0.1, -0.05) is 0 Å². The first-order valence-electron chi connectivity index (χ1n) is 3.34. The lowest BCUT2D eigenvalue weighted by molar-refractivity contribution is -0.00353. The van der Waals surface area contributed by atoms with Gasteiger partial charge in [0.25, 0.3) is 0 Å². The van der Waals surface area contributed by atoms with Crippen molar-refractivity contribution in [3.8, 4) is 0 Å². The summed E-state index contributed by atoms with van der Waals surface area (Å²) < 4.78 is 0. The van der Waals surface area contributed by atoms with Crippen LogP contribution in [-0.2, 0) is 0 Å². The Hall–Kier alpha value is 0.420. The monoisotopic (exact) mass is 220 g/mol. The summed E-state index contributed by atoms with van der Waals surface area (Å²) in [6.45, 7) is 3.24. The Bertz CT molecular complexity index is 91.5. The highest BCUT2D eigenvalue weighted by Crippen LogP contribution is 2.00. The normalized spacial score (nSPS) is 19.5. The second-order valence-corrected chi connectivity index (χ2v) is 2.70. The van der Waals surface area contributed by atoms with Gasteiger partial charge in [0, 0.05) is 12.1 Å². The van der Waals surface area contributed by atoms with Crippen LogP contribution in [-0.4, -0.2) is 34.5 Å². The topological polar surface area (TPSA) is 92.5 Å². The maximum atomic E-state index is 9.11. The first kappa shape index (κ1) is 18.3. The lowest BCUT2D eigenvalue weighted by atomic mass is 10.0. The van der Waals surface area contributed by atoms with E-state index in [9.17, 15) is 0 Å². The van der Waals surface area contributed by atoms with Gasteiger partial charge in [-0.2, -0.15) is 0 Å². The lowest BCUT2D eigenvalue weighted by Gasteiger charge is -2.23. The van der Waals surface area contributed by atoms with Gasteiger partial charge in [0.15, 0.2) is 0 Å². The minimum atomic E-state index is -0.931. The molecule has 78 valence electrons. The summed E-state index contributed by atoms with van der Waals surface area (Å²) in [6, 6.07) is -0.887. The Morgan fingerprint density at radius 3 is 1.08 bits per heavy atom. The number of rotatable bonds is 3. The van der Waals surface area contributed by atoms with Crippen molar-refractivity contribution in [2.24, 2.45) is 11.5 Å². The van der Waals surface area contributed by atoms with E-state index in [1.54, 1.807) is 13.8 Å². The highest BCUT2D eigenvalue weighted by Gasteiger charge is 2.22. The van der Waals surface area contributed by atoms with Gasteiger partial charge in [-0.05, 0) is 13.8 Å². The van der Waals surface area contributed by atoms with E-state index < -0.39 is 24.3 Å². The second kappa shape index (κ2) is 8.04. The molecule has 0 aliphatic rings. The quantitative estimate of drug-likeness (QED) is 0.504. The van der Waals surface area contributed by atoms with Crippen LogP contribution < -0.4 is 11.5 Å². The molecular formula is C6H18Cl2N2O2. The van der Waals surface area contributed by atoms with E-state index >= 15 is 0 Å². The molecule has 0 amide bonds. The molecule has 6 N–H and O–H groups in total. The molecule has 0 saturated heterocycles. The fraction of sp³-hybridized carbons (Fsp3) is 1.00. The molecule has 4 nitrogen and oxygen atoms in total. The Kier molecular flexibility index (Phi) is 12.2. The van der Waals surface area contributed by atoms with Crippen molar-refractivity contribution in [1.82, 2.24) is 0 Å². The molecule has 4 unspecified atom stereocenters. The van der Waals surface area contributed by atoms with E-state index in [0.717, 1.165) is 0 Å². The number of hydrogen-bond donors (Lipinski definition) is 4. The molecule has 0 radical (unpaired) electrons. The third-order valence-corrected chi connectivity index (χ3v) is 1.43. The average molecular weight is 221 g/mol. The molecule has 0 aromatic heterocycles. The fourth-order valence-corrected chi connectivity index (χ4v) is 0.622. The zero-order chi connectivity index (χ0) is 8.31. The van der Waals surface area contributed by atoms with Gasteiger partial charge in [-0.15, -0.1) is 24.8 Å². The summed E-state index contributed by atoms with van der Waals surface area (Å²) >= 11 is 0. The van der Waals surface area contributed by atoms with Crippen molar-refractivity contribution < 1.29 is 10.2 Å². The Labute approximate surface area is 85.1 Å². The van der Waals surface area contributed by atoms with Gasteiger partial charge >= 0.3 is 0 Å². The van der Waals surface area contributed by atoms with Gasteiger partial charge in [-0.3, -0.25) is 0 Å². The van der Waals surface area contributed by atoms with E-state index in [4.69, 9.17) is 21.7 Å². The first-order chi connectivity index (χ1) is 4.46. The van der Waals surface area contributed by atoms with Crippen LogP contribution in [0, 0.1) is 0 Å². The summed E-state index contributed by atoms with van der Waals surface area (Å²) in [5, 5.41) is 18.2. The molecule has 0 spiro atoms. The molecule has 0 heterocycles. The van der Waals surface area contributed by atoms with Gasteiger partial charge < -0.3 is 21.7 Å². The molecule has 0 aliphatic carbocycles. The van der Waals surface area contributed by atoms with Crippen LogP contribution in [0.15, 0.2) is 0 Å². The summed E-state index contributed by atoms with van der Waals surface area (Å²) in [7, 11) is 0. The third kappa shape index (κ3) is 5.99. The van der Waals surface area contributed by atoms with E-state index in [1.807, 2.05) is 0 Å². The minimum Gasteiger partial charge on any atom is -0.389 e. The number of aliphatic hydroxyl groups excluding tert-OH is 2. The van der Waals surface area contributed by atoms with Crippen molar-refractivity contribution in [1.29, 1.82) is 0 Å². The third-order valence-electron chi connectivity index (χ3n) is 1.43. The molecule has 0 saturated carbocycles. The average Bonchev–Trinajstić information content (AvgIpc) is 1.84. The largest absolute Gasteiger partial charge is 0.389 e. The van der Waals surface area contributed by atoms with Crippen LogP contribution in [0.4, 0.5) is 0 Å². The van der Waals surface area contributed by atoms with E-state index in [-0.39, 0.29) is 24.8 Å². The van der Waals surface area contributed by atoms with Crippen LogP contribution in [0.5, 0.6) is 0 Å². The summed E-state index contributed by atoms with van der Waals surface area (Å²) in [4.78, 5) is 0. The van der Waals surface area contributed by atoms with Crippen molar-refractivity contribution in [3.05, 3.63) is 0 Å². The number of hydrogen-bond acceptors (Lipinski definition) is 4. The zero-order valence-electron chi connectivity index (χ0n) is 7.18. The second-order valence-electron chi connectivity index (χ2n) is 2.70. The lowest BCUT2D eigenvalue weighted by Crippen LogP contribution is -2.48. The van der Waals surface area contributed by atoms with Crippen LogP contribution >= 0.6 is 24.8 Å². The van der Waals surface area contributed by atoms with Crippen molar-refractivity contribution in [2.45, 2.75) is 38.1 Å². The van der Waals surface area contributed by atoms with Crippen LogP contribution in [0.25, 0.3) is 0 Å². The molecule has 12 heavy (non-hydrogen) atoms. The van der Waals surface area contributed by atoms with E-state index in [1.165, 1.54) is 0 Å². The SMILES string of the molecule is CC(N)C(O)C(O)C(C)N.Cl.Cl. The maximum Gasteiger partial charge on any atom is 0.0961 e. The molecule has 0 bridgehead atoms. The van der Waals surface area contributed by atoms with Crippen LogP contribution in [0.2, 0.25) is 0 Å². The molecule has 6 heteroatoms. The predicted molar refractivity (Wildman–Crippen MR) is 53.8 cm³/mol. The molecule has 0 aromatic rings. The van der Waals surface area contributed by atoms with Crippen molar-refractivity contribution >= 4 is 24.8 Å². The van der Waals surface area contributed by atoms with Crippen molar-refractivity contribution in [3.63, 3.8) is 0 Å². The van der Waals surface area contributed by atoms with Crippen LogP contribution in [0.1, 0.15) is 13.8 Å². The minimum absolute atomic E-state index is 0. The van der Waals surface area contributed by atoms with Gasteiger partial charge in [0.2, 0.25) is 0 Å². The van der Waals surface area contributed by atoms with Gasteiger partial charge in [0.05, 0.1) is 12.2 Å². The Balaban J connectivity index is -0.000000405. The molecular weight excluding hydrogens is 203 g/mol. The Morgan fingerprint density at radius 1 is 0.833 bits per heavy atom. The number of halogens is 2. The highest BCUT2D eigenvalue weighted by molar-refractivity contribution is 5.85. The summed E-state index contributed by atoms with van der Waals surface area (Å²) in [6.07, 6.45) is -1.86. The van der Waals surface area contributed by atoms with Gasteiger partial charge in [-0.25, -0.2) is 0 Å². The number of nitrogens with two attached hydrogens (primary N) is 2. The molecule has 0 aliphatic heterocycles. The Morgan fingerprint density at radius 2 is 1.00 bits per heavy atom. The first-order valence-corrected chi connectivity index (χ1v) is 3.34. The number of aliphatic hydroxyl groups is 2. The van der Waals surface area contributed by atoms with Crippen molar-refractivity contribution in [2.75, 3.05) is 0 Å².